The molecule has 0 bridgehead atoms. The molecule has 1 amide bonds. The number of allylic oxidation sites excluding steroid dienone is 2. The summed E-state index contributed by atoms with van der Waals surface area (Å²) in [6.07, 6.45) is 5.30. The predicted octanol–water partition coefficient (Wildman–Crippen LogP) is 0.437. The fraction of sp³-hybridized carbons (Fsp3) is 0.0909. The van der Waals surface area contributed by atoms with Crippen LogP contribution < -0.4 is 11.1 Å². The Labute approximate surface area is 87.5 Å². The minimum absolute atomic E-state index is 0.399. The van der Waals surface area contributed by atoms with Gasteiger partial charge >= 0.3 is 0 Å². The van der Waals surface area contributed by atoms with Crippen LogP contribution in [0.2, 0.25) is 0 Å². The smallest absolute Gasteiger partial charge is 0.246 e. The Bertz CT molecular complexity index is 434. The van der Waals surface area contributed by atoms with Crippen LogP contribution in [0.25, 0.3) is 5.57 Å². The van der Waals surface area contributed by atoms with Crippen molar-refractivity contribution in [1.82, 2.24) is 10.3 Å². The maximum atomic E-state index is 11.0. The van der Waals surface area contributed by atoms with Gasteiger partial charge in [0.25, 0.3) is 0 Å². The Morgan fingerprint density at radius 2 is 2.33 bits per heavy atom. The zero-order valence-corrected chi connectivity index (χ0v) is 8.10. The van der Waals surface area contributed by atoms with Gasteiger partial charge in [-0.25, -0.2) is 0 Å². The second-order valence-electron chi connectivity index (χ2n) is 3.23. The Balaban J connectivity index is 2.32. The van der Waals surface area contributed by atoms with Crippen LogP contribution in [-0.4, -0.2) is 17.4 Å². The molecule has 15 heavy (non-hydrogen) atoms. The van der Waals surface area contributed by atoms with E-state index >= 15 is 0 Å². The van der Waals surface area contributed by atoms with Gasteiger partial charge < -0.3 is 11.1 Å². The van der Waals surface area contributed by atoms with Crippen molar-refractivity contribution in [3.63, 3.8) is 0 Å². The van der Waals surface area contributed by atoms with Crippen molar-refractivity contribution in [3.05, 3.63) is 47.9 Å². The average molecular weight is 201 g/mol. The van der Waals surface area contributed by atoms with Gasteiger partial charge in [-0.3, -0.25) is 9.78 Å². The summed E-state index contributed by atoms with van der Waals surface area (Å²) in [6, 6.07) is 5.63. The lowest BCUT2D eigenvalue weighted by atomic mass is 10.1. The molecule has 4 heteroatoms. The first-order chi connectivity index (χ1) is 7.27. The van der Waals surface area contributed by atoms with E-state index in [2.05, 4.69) is 10.3 Å². The van der Waals surface area contributed by atoms with Crippen LogP contribution in [-0.2, 0) is 4.79 Å². The molecule has 2 heterocycles. The van der Waals surface area contributed by atoms with E-state index in [9.17, 15) is 4.79 Å². The highest BCUT2D eigenvalue weighted by atomic mass is 16.1. The Morgan fingerprint density at radius 3 is 3.00 bits per heavy atom. The molecule has 0 fully saturated rings. The van der Waals surface area contributed by atoms with Gasteiger partial charge in [0.2, 0.25) is 5.91 Å². The molecule has 2 rings (SSSR count). The van der Waals surface area contributed by atoms with Crippen LogP contribution in [0.4, 0.5) is 0 Å². The van der Waals surface area contributed by atoms with Crippen molar-refractivity contribution in [2.75, 3.05) is 6.54 Å². The molecule has 76 valence electrons. The third-order valence-corrected chi connectivity index (χ3v) is 2.16. The van der Waals surface area contributed by atoms with E-state index < -0.39 is 5.91 Å². The number of nitrogens with zero attached hydrogens (tertiary/aromatic N) is 1. The molecule has 0 saturated carbocycles. The predicted molar refractivity (Wildman–Crippen MR) is 57.5 cm³/mol. The number of amides is 1. The number of hydrogen-bond donors (Lipinski definition) is 2. The minimum atomic E-state index is -0.399. The SMILES string of the molecule is NC(=O)C1=CC(c2ccccn2)=CNC1. The zero-order chi connectivity index (χ0) is 10.7. The molecule has 0 radical (unpaired) electrons. The maximum Gasteiger partial charge on any atom is 0.246 e. The molecular formula is C11H11N3O. The largest absolute Gasteiger partial charge is 0.386 e. The second-order valence-corrected chi connectivity index (χ2v) is 3.23. The van der Waals surface area contributed by atoms with Crippen LogP contribution >= 0.6 is 0 Å². The summed E-state index contributed by atoms with van der Waals surface area (Å²) in [5.41, 5.74) is 7.47. The van der Waals surface area contributed by atoms with Gasteiger partial charge in [-0.1, -0.05) is 6.07 Å². The van der Waals surface area contributed by atoms with Gasteiger partial charge in [0.05, 0.1) is 5.69 Å². The highest BCUT2D eigenvalue weighted by molar-refractivity contribution is 5.96. The summed E-state index contributed by atoms with van der Waals surface area (Å²) in [4.78, 5) is 15.2. The molecule has 0 aromatic carbocycles. The van der Waals surface area contributed by atoms with Gasteiger partial charge in [0.15, 0.2) is 0 Å². The molecule has 1 aliphatic heterocycles. The maximum absolute atomic E-state index is 11.0. The molecule has 1 aromatic heterocycles. The van der Waals surface area contributed by atoms with E-state index in [4.69, 9.17) is 5.73 Å². The van der Waals surface area contributed by atoms with Crippen molar-refractivity contribution in [3.8, 4) is 0 Å². The Kier molecular flexibility index (Phi) is 2.49. The lowest BCUT2D eigenvalue weighted by Crippen LogP contribution is -2.25. The van der Waals surface area contributed by atoms with Gasteiger partial charge in [-0.05, 0) is 18.2 Å². The molecule has 4 nitrogen and oxygen atoms in total. The first-order valence-corrected chi connectivity index (χ1v) is 4.63. The molecular weight excluding hydrogens is 190 g/mol. The molecule has 1 aromatic rings. The van der Waals surface area contributed by atoms with Gasteiger partial charge in [0, 0.05) is 30.1 Å². The standard InChI is InChI=1S/C11H11N3O/c12-11(15)9-5-8(6-13-7-9)10-3-1-2-4-14-10/h1-6,13H,7H2,(H2,12,15). The number of carbonyl (C=O) groups excluding carboxylic acids is 1. The first-order valence-electron chi connectivity index (χ1n) is 4.63. The normalized spacial score (nSPS) is 14.9. The zero-order valence-electron chi connectivity index (χ0n) is 8.10. The number of hydrogen-bond acceptors (Lipinski definition) is 3. The van der Waals surface area contributed by atoms with E-state index in [0.717, 1.165) is 11.3 Å². The van der Waals surface area contributed by atoms with Crippen LogP contribution in [0.1, 0.15) is 5.69 Å². The molecule has 0 saturated heterocycles. The summed E-state index contributed by atoms with van der Waals surface area (Å²) in [5, 5.41) is 2.99. The summed E-state index contributed by atoms with van der Waals surface area (Å²) in [6.45, 7) is 0.478. The Hall–Kier alpha value is -2.10. The quantitative estimate of drug-likeness (QED) is 0.729. The van der Waals surface area contributed by atoms with Crippen molar-refractivity contribution in [2.24, 2.45) is 5.73 Å². The number of pyridine rings is 1. The van der Waals surface area contributed by atoms with Crippen molar-refractivity contribution in [2.45, 2.75) is 0 Å². The number of dihydropyridines is 1. The average Bonchev–Trinajstić information content (AvgIpc) is 2.30. The van der Waals surface area contributed by atoms with Crippen LogP contribution in [0.15, 0.2) is 42.2 Å². The number of carbonyl (C=O) groups is 1. The summed E-state index contributed by atoms with van der Waals surface area (Å²) in [7, 11) is 0. The van der Waals surface area contributed by atoms with E-state index in [-0.39, 0.29) is 0 Å². The molecule has 0 aliphatic carbocycles. The third-order valence-electron chi connectivity index (χ3n) is 2.16. The molecule has 1 aliphatic rings. The number of primary amides is 1. The third kappa shape index (κ3) is 2.04. The second kappa shape index (κ2) is 3.96. The van der Waals surface area contributed by atoms with Gasteiger partial charge in [0.1, 0.15) is 0 Å². The van der Waals surface area contributed by atoms with E-state index in [1.165, 1.54) is 0 Å². The topological polar surface area (TPSA) is 68.0 Å². The lowest BCUT2D eigenvalue weighted by Gasteiger charge is -2.12. The van der Waals surface area contributed by atoms with E-state index in [1.807, 2.05) is 24.4 Å². The Morgan fingerprint density at radius 1 is 1.47 bits per heavy atom. The van der Waals surface area contributed by atoms with Gasteiger partial charge in [-0.15, -0.1) is 0 Å². The monoisotopic (exact) mass is 201 g/mol. The van der Waals surface area contributed by atoms with Crippen LogP contribution in [0.5, 0.6) is 0 Å². The number of nitrogens with one attached hydrogen (secondary N) is 1. The summed E-state index contributed by atoms with van der Waals surface area (Å²) >= 11 is 0. The number of aromatic nitrogens is 1. The van der Waals surface area contributed by atoms with Crippen LogP contribution in [0, 0.1) is 0 Å². The number of nitrogens with two attached hydrogens (primary N) is 1. The highest BCUT2D eigenvalue weighted by Crippen LogP contribution is 2.16. The highest BCUT2D eigenvalue weighted by Gasteiger charge is 2.11. The van der Waals surface area contributed by atoms with Crippen molar-refractivity contribution < 1.29 is 4.79 Å². The summed E-state index contributed by atoms with van der Waals surface area (Å²) in [5.74, 6) is -0.399. The van der Waals surface area contributed by atoms with E-state index in [1.54, 1.807) is 12.3 Å². The fourth-order valence-electron chi connectivity index (χ4n) is 1.39. The summed E-state index contributed by atoms with van der Waals surface area (Å²) < 4.78 is 0. The minimum Gasteiger partial charge on any atom is -0.386 e. The van der Waals surface area contributed by atoms with Crippen molar-refractivity contribution in [1.29, 1.82) is 0 Å². The number of rotatable bonds is 2. The molecule has 0 atom stereocenters. The lowest BCUT2D eigenvalue weighted by molar-refractivity contribution is -0.114. The van der Waals surface area contributed by atoms with Crippen molar-refractivity contribution >= 4 is 11.5 Å². The molecule has 3 N–H and O–H groups in total. The first kappa shape index (κ1) is 9.45. The van der Waals surface area contributed by atoms with Gasteiger partial charge in [-0.2, -0.15) is 0 Å². The fourth-order valence-corrected chi connectivity index (χ4v) is 1.39. The molecule has 0 unspecified atom stereocenters. The van der Waals surface area contributed by atoms with Crippen LogP contribution in [0.3, 0.4) is 0 Å². The molecule has 0 spiro atoms. The van der Waals surface area contributed by atoms with E-state index in [0.29, 0.717) is 12.1 Å².